The smallest absolute Gasteiger partial charge is 0.252 e. The summed E-state index contributed by atoms with van der Waals surface area (Å²) in [6, 6.07) is 10.7. The van der Waals surface area contributed by atoms with Crippen LogP contribution in [0.3, 0.4) is 0 Å². The monoisotopic (exact) mass is 481 g/mol. The van der Waals surface area contributed by atoms with Gasteiger partial charge < -0.3 is 5.32 Å². The van der Waals surface area contributed by atoms with Crippen molar-refractivity contribution in [3.8, 4) is 11.3 Å². The van der Waals surface area contributed by atoms with Gasteiger partial charge in [0.15, 0.2) is 5.13 Å². The molecule has 1 N–H and O–H groups in total. The molecule has 1 aliphatic heterocycles. The van der Waals surface area contributed by atoms with Gasteiger partial charge in [0.05, 0.1) is 12.1 Å². The van der Waals surface area contributed by atoms with Crippen molar-refractivity contribution >= 4 is 55.3 Å². The molecule has 1 saturated heterocycles. The second-order valence-electron chi connectivity index (χ2n) is 6.99. The van der Waals surface area contributed by atoms with Crippen LogP contribution in [0.5, 0.6) is 0 Å². The number of aromatic nitrogens is 1. The van der Waals surface area contributed by atoms with E-state index in [1.54, 1.807) is 24.3 Å². The van der Waals surface area contributed by atoms with Crippen LogP contribution < -0.4 is 5.32 Å². The maximum Gasteiger partial charge on any atom is 0.252 e. The fourth-order valence-electron chi connectivity index (χ4n) is 3.29. The van der Waals surface area contributed by atoms with E-state index in [9.17, 15) is 13.2 Å². The molecular formula is C20H20ClN3O3S3. The van der Waals surface area contributed by atoms with E-state index in [2.05, 4.69) is 10.3 Å². The molecule has 0 saturated carbocycles. The van der Waals surface area contributed by atoms with Crippen LogP contribution in [-0.2, 0) is 21.2 Å². The molecule has 0 atom stereocenters. The normalized spacial score (nSPS) is 14.9. The van der Waals surface area contributed by atoms with Crippen molar-refractivity contribution in [2.75, 3.05) is 18.4 Å². The van der Waals surface area contributed by atoms with Gasteiger partial charge in [-0.1, -0.05) is 23.7 Å². The molecule has 2 aromatic heterocycles. The first-order chi connectivity index (χ1) is 14.3. The van der Waals surface area contributed by atoms with Crippen LogP contribution in [-0.4, -0.2) is 36.7 Å². The lowest BCUT2D eigenvalue weighted by Crippen LogP contribution is -2.27. The molecule has 1 amide bonds. The third-order valence-electron chi connectivity index (χ3n) is 4.79. The number of aryl methyl sites for hydroxylation is 1. The molecule has 4 rings (SSSR count). The number of carbonyl (C=O) groups is 1. The van der Waals surface area contributed by atoms with E-state index in [4.69, 9.17) is 11.6 Å². The van der Waals surface area contributed by atoms with Gasteiger partial charge in [-0.2, -0.15) is 4.31 Å². The number of anilines is 1. The first-order valence-corrected chi connectivity index (χ1v) is 12.9. The van der Waals surface area contributed by atoms with E-state index >= 15 is 0 Å². The maximum atomic E-state index is 12.6. The fraction of sp³-hybridized carbons (Fsp3) is 0.300. The van der Waals surface area contributed by atoms with Crippen LogP contribution in [0.4, 0.5) is 5.13 Å². The Morgan fingerprint density at radius 1 is 1.13 bits per heavy atom. The first-order valence-electron chi connectivity index (χ1n) is 9.45. The van der Waals surface area contributed by atoms with E-state index in [1.165, 1.54) is 15.6 Å². The summed E-state index contributed by atoms with van der Waals surface area (Å²) in [6.45, 7) is 3.08. The maximum absolute atomic E-state index is 12.6. The minimum atomic E-state index is -3.45. The molecule has 30 heavy (non-hydrogen) atoms. The minimum absolute atomic E-state index is 0.106. The van der Waals surface area contributed by atoms with Crippen molar-refractivity contribution in [2.24, 2.45) is 0 Å². The number of benzene rings is 1. The first kappa shape index (κ1) is 21.5. The second kappa shape index (κ2) is 8.76. The van der Waals surface area contributed by atoms with E-state index in [-0.39, 0.29) is 12.3 Å². The molecule has 1 fully saturated rings. The van der Waals surface area contributed by atoms with Crippen molar-refractivity contribution < 1.29 is 13.2 Å². The summed E-state index contributed by atoms with van der Waals surface area (Å²) < 4.78 is 27.1. The zero-order valence-electron chi connectivity index (χ0n) is 16.2. The van der Waals surface area contributed by atoms with Crippen LogP contribution in [0.15, 0.2) is 40.6 Å². The van der Waals surface area contributed by atoms with E-state index in [0.717, 1.165) is 40.3 Å². The summed E-state index contributed by atoms with van der Waals surface area (Å²) in [4.78, 5) is 18.7. The largest absolute Gasteiger partial charge is 0.302 e. The molecule has 10 heteroatoms. The summed E-state index contributed by atoms with van der Waals surface area (Å²) >= 11 is 8.50. The second-order valence-corrected chi connectivity index (χ2v) is 12.0. The van der Waals surface area contributed by atoms with Crippen LogP contribution in [0, 0.1) is 6.92 Å². The number of thiophene rings is 1. The number of sulfonamides is 1. The van der Waals surface area contributed by atoms with Crippen LogP contribution in [0.1, 0.15) is 22.6 Å². The highest BCUT2D eigenvalue weighted by Gasteiger charge is 2.28. The van der Waals surface area contributed by atoms with Crippen molar-refractivity contribution in [3.05, 3.63) is 51.2 Å². The highest BCUT2D eigenvalue weighted by molar-refractivity contribution is 7.91. The van der Waals surface area contributed by atoms with E-state index in [1.807, 2.05) is 19.1 Å². The van der Waals surface area contributed by atoms with Gasteiger partial charge in [0.25, 0.3) is 10.0 Å². The van der Waals surface area contributed by atoms with Gasteiger partial charge in [-0.25, -0.2) is 13.4 Å². The predicted molar refractivity (Wildman–Crippen MR) is 122 cm³/mol. The highest BCUT2D eigenvalue weighted by atomic mass is 35.5. The Morgan fingerprint density at radius 2 is 1.83 bits per heavy atom. The number of thiazole rings is 1. The molecule has 0 unspecified atom stereocenters. The number of nitrogens with zero attached hydrogens (tertiary/aromatic N) is 2. The molecule has 0 bridgehead atoms. The lowest BCUT2D eigenvalue weighted by atomic mass is 10.1. The topological polar surface area (TPSA) is 79.4 Å². The molecule has 1 aromatic carbocycles. The third-order valence-corrected chi connectivity index (χ3v) is 9.38. The Labute approximate surface area is 188 Å². The van der Waals surface area contributed by atoms with Crippen molar-refractivity contribution in [3.63, 3.8) is 0 Å². The zero-order valence-corrected chi connectivity index (χ0v) is 19.4. The molecule has 3 heterocycles. The standard InChI is InChI=1S/C20H20ClN3O3S3/c1-13-19(14-4-6-15(21)7-5-14)23-20(28-13)22-17(25)12-16-8-9-18(29-16)30(26,27)24-10-2-3-11-24/h4-9H,2-3,10-12H2,1H3,(H,22,23,25). The predicted octanol–water partition coefficient (Wildman–Crippen LogP) is 4.80. The van der Waals surface area contributed by atoms with Gasteiger partial charge in [-0.3, -0.25) is 4.79 Å². The zero-order chi connectivity index (χ0) is 21.3. The number of carbonyl (C=O) groups excluding carboxylic acids is 1. The number of halogens is 1. The van der Waals surface area contributed by atoms with Gasteiger partial charge in [0.1, 0.15) is 4.21 Å². The molecule has 6 nitrogen and oxygen atoms in total. The number of hydrogen-bond acceptors (Lipinski definition) is 6. The lowest BCUT2D eigenvalue weighted by molar-refractivity contribution is -0.115. The van der Waals surface area contributed by atoms with Crippen LogP contribution in [0.25, 0.3) is 11.3 Å². The molecule has 0 spiro atoms. The fourth-order valence-corrected chi connectivity index (χ4v) is 7.30. The van der Waals surface area contributed by atoms with Crippen molar-refractivity contribution in [1.29, 1.82) is 0 Å². The van der Waals surface area contributed by atoms with Gasteiger partial charge >= 0.3 is 0 Å². The number of nitrogens with one attached hydrogen (secondary N) is 1. The van der Waals surface area contributed by atoms with Gasteiger partial charge in [0.2, 0.25) is 5.91 Å². The van der Waals surface area contributed by atoms with Gasteiger partial charge in [0, 0.05) is 33.4 Å². The Hall–Kier alpha value is -1.78. The summed E-state index contributed by atoms with van der Waals surface area (Å²) in [5.41, 5.74) is 1.74. The average Bonchev–Trinajstić information content (AvgIpc) is 3.44. The average molecular weight is 482 g/mol. The van der Waals surface area contributed by atoms with E-state index in [0.29, 0.717) is 32.3 Å². The summed E-state index contributed by atoms with van der Waals surface area (Å²) in [5, 5.41) is 4.00. The summed E-state index contributed by atoms with van der Waals surface area (Å²) in [5.74, 6) is -0.224. The molecule has 0 aliphatic carbocycles. The van der Waals surface area contributed by atoms with Gasteiger partial charge in [-0.05, 0) is 44.0 Å². The lowest BCUT2D eigenvalue weighted by Gasteiger charge is -2.13. The van der Waals surface area contributed by atoms with Crippen molar-refractivity contribution in [1.82, 2.24) is 9.29 Å². The number of rotatable bonds is 6. The van der Waals surface area contributed by atoms with Crippen molar-refractivity contribution in [2.45, 2.75) is 30.4 Å². The Kier molecular flexibility index (Phi) is 6.26. The molecule has 1 aliphatic rings. The van der Waals surface area contributed by atoms with Gasteiger partial charge in [-0.15, -0.1) is 22.7 Å². The Bertz CT molecular complexity index is 1160. The van der Waals surface area contributed by atoms with Crippen LogP contribution >= 0.6 is 34.3 Å². The minimum Gasteiger partial charge on any atom is -0.302 e. The summed E-state index contributed by atoms with van der Waals surface area (Å²) in [7, 11) is -3.45. The quantitative estimate of drug-likeness (QED) is 0.548. The van der Waals surface area contributed by atoms with E-state index < -0.39 is 10.0 Å². The number of amides is 1. The molecule has 158 valence electrons. The number of hydrogen-bond donors (Lipinski definition) is 1. The Balaban J connectivity index is 1.43. The summed E-state index contributed by atoms with van der Waals surface area (Å²) in [6.07, 6.45) is 1.89. The Morgan fingerprint density at radius 3 is 2.53 bits per heavy atom. The third kappa shape index (κ3) is 4.60. The SMILES string of the molecule is Cc1sc(NC(=O)Cc2ccc(S(=O)(=O)N3CCCC3)s2)nc1-c1ccc(Cl)cc1. The molecule has 0 radical (unpaired) electrons. The van der Waals surface area contributed by atoms with Crippen LogP contribution in [0.2, 0.25) is 5.02 Å². The molecule has 3 aromatic rings. The molecular weight excluding hydrogens is 462 g/mol. The highest BCUT2D eigenvalue weighted by Crippen LogP contribution is 2.32.